The van der Waals surface area contributed by atoms with Gasteiger partial charge in [-0.3, -0.25) is 19.2 Å². The summed E-state index contributed by atoms with van der Waals surface area (Å²) < 4.78 is 4.18. The Morgan fingerprint density at radius 2 is 1.71 bits per heavy atom. The van der Waals surface area contributed by atoms with Gasteiger partial charge in [-0.2, -0.15) is 0 Å². The lowest BCUT2D eigenvalue weighted by Gasteiger charge is -2.42. The summed E-state index contributed by atoms with van der Waals surface area (Å²) in [6.45, 7) is 1.41. The fourth-order valence-electron chi connectivity index (χ4n) is 2.97. The minimum Gasteiger partial charge on any atom is -0.480 e. The van der Waals surface area contributed by atoms with E-state index in [1.54, 1.807) is 0 Å². The molecule has 17 heavy (non-hydrogen) atoms. The summed E-state index contributed by atoms with van der Waals surface area (Å²) in [5.41, 5.74) is -4.44. The van der Waals surface area contributed by atoms with Crippen molar-refractivity contribution in [2.45, 2.75) is 19.8 Å². The van der Waals surface area contributed by atoms with Crippen molar-refractivity contribution in [2.24, 2.45) is 16.7 Å². The number of carboxylic acid groups (broad SMARTS) is 2. The lowest BCUT2D eigenvalue weighted by atomic mass is 9.60. The fraction of sp³-hybridized carbons (Fsp3) is 0.600. The van der Waals surface area contributed by atoms with Gasteiger partial charge in [0.1, 0.15) is 0 Å². The van der Waals surface area contributed by atoms with Crippen molar-refractivity contribution in [2.75, 3.05) is 0 Å². The van der Waals surface area contributed by atoms with Crippen LogP contribution in [0.1, 0.15) is 19.8 Å². The molecule has 2 rings (SSSR count). The lowest BCUT2D eigenvalue weighted by Crippen LogP contribution is -2.67. The fourth-order valence-corrected chi connectivity index (χ4v) is 2.97. The van der Waals surface area contributed by atoms with Crippen LogP contribution in [0.2, 0.25) is 0 Å². The molecule has 0 aromatic carbocycles. The van der Waals surface area contributed by atoms with E-state index in [2.05, 4.69) is 4.74 Å². The summed E-state index contributed by atoms with van der Waals surface area (Å²) in [6.07, 6.45) is 0.0872. The zero-order valence-electron chi connectivity index (χ0n) is 8.93. The third kappa shape index (κ3) is 0.927. The summed E-state index contributed by atoms with van der Waals surface area (Å²) in [7, 11) is 0. The van der Waals surface area contributed by atoms with Crippen LogP contribution in [0.15, 0.2) is 0 Å². The van der Waals surface area contributed by atoms with E-state index in [9.17, 15) is 29.4 Å². The maximum Gasteiger partial charge on any atom is 0.333 e. The summed E-state index contributed by atoms with van der Waals surface area (Å²) >= 11 is 0. The Morgan fingerprint density at radius 1 is 1.24 bits per heavy atom. The van der Waals surface area contributed by atoms with Gasteiger partial charge in [-0.15, -0.1) is 0 Å². The smallest absolute Gasteiger partial charge is 0.333 e. The molecule has 0 amide bonds. The zero-order chi connectivity index (χ0) is 13.0. The van der Waals surface area contributed by atoms with Gasteiger partial charge >= 0.3 is 23.9 Å². The van der Waals surface area contributed by atoms with E-state index in [1.807, 2.05) is 0 Å². The van der Waals surface area contributed by atoms with Crippen LogP contribution in [-0.4, -0.2) is 34.1 Å². The molecule has 1 aliphatic heterocycles. The number of hydrogen-bond acceptors (Lipinski definition) is 5. The molecule has 1 heterocycles. The first kappa shape index (κ1) is 11.6. The van der Waals surface area contributed by atoms with Crippen LogP contribution >= 0.6 is 0 Å². The predicted molar refractivity (Wildman–Crippen MR) is 49.6 cm³/mol. The van der Waals surface area contributed by atoms with E-state index in [-0.39, 0.29) is 12.8 Å². The monoisotopic (exact) mass is 242 g/mol. The van der Waals surface area contributed by atoms with E-state index in [0.717, 1.165) is 0 Å². The van der Waals surface area contributed by atoms with Crippen LogP contribution in [0.25, 0.3) is 0 Å². The highest BCUT2D eigenvalue weighted by Crippen LogP contribution is 2.61. The van der Waals surface area contributed by atoms with Gasteiger partial charge in [0, 0.05) is 0 Å². The summed E-state index contributed by atoms with van der Waals surface area (Å²) in [4.78, 5) is 45.6. The molecule has 0 bridgehead atoms. The normalized spacial score (nSPS) is 28.6. The number of hydrogen-bond donors (Lipinski definition) is 2. The Hall–Kier alpha value is -1.92. The van der Waals surface area contributed by atoms with Gasteiger partial charge in [0.15, 0.2) is 10.8 Å². The minimum atomic E-state index is -2.40. The van der Waals surface area contributed by atoms with Gasteiger partial charge in [-0.25, -0.2) is 0 Å². The SMILES string of the molecule is CC1CCC2(C(=O)OC2=O)C1(C(=O)O)C(=O)O. The standard InChI is InChI=1S/C10H10O7/c1-4-2-3-9(7(15)17-8(9)16)10(4,5(11)12)6(13)14/h4H,2-3H2,1H3,(H,11,12)(H,13,14). The molecule has 1 saturated carbocycles. The van der Waals surface area contributed by atoms with Crippen LogP contribution in [0, 0.1) is 16.7 Å². The molecule has 2 fully saturated rings. The first-order chi connectivity index (χ1) is 7.81. The predicted octanol–water partition coefficient (Wildman–Crippen LogP) is -0.358. The van der Waals surface area contributed by atoms with Crippen molar-refractivity contribution in [1.82, 2.24) is 0 Å². The molecule has 2 aliphatic rings. The largest absolute Gasteiger partial charge is 0.480 e. The third-order valence-electron chi connectivity index (χ3n) is 3.92. The van der Waals surface area contributed by atoms with Crippen LogP contribution in [-0.2, 0) is 23.9 Å². The average Bonchev–Trinajstić information content (AvgIpc) is 2.55. The number of aliphatic carboxylic acids is 2. The summed E-state index contributed by atoms with van der Waals surface area (Å²) in [5, 5.41) is 18.4. The highest BCUT2D eigenvalue weighted by molar-refractivity contribution is 6.22. The molecule has 0 aromatic heterocycles. The molecule has 7 nitrogen and oxygen atoms in total. The zero-order valence-corrected chi connectivity index (χ0v) is 8.93. The number of carbonyl (C=O) groups excluding carboxylic acids is 2. The first-order valence-corrected chi connectivity index (χ1v) is 5.05. The van der Waals surface area contributed by atoms with Gasteiger partial charge in [0.05, 0.1) is 0 Å². The highest BCUT2D eigenvalue weighted by atomic mass is 16.6. The van der Waals surface area contributed by atoms with Gasteiger partial charge in [-0.05, 0) is 18.8 Å². The molecule has 1 atom stereocenters. The van der Waals surface area contributed by atoms with E-state index in [0.29, 0.717) is 0 Å². The van der Waals surface area contributed by atoms with E-state index < -0.39 is 40.6 Å². The molecule has 7 heteroatoms. The second-order valence-electron chi connectivity index (χ2n) is 4.44. The number of carboxylic acids is 2. The van der Waals surface area contributed by atoms with Crippen molar-refractivity contribution in [3.05, 3.63) is 0 Å². The quantitative estimate of drug-likeness (QED) is 0.501. The minimum absolute atomic E-state index is 0.0928. The van der Waals surface area contributed by atoms with E-state index >= 15 is 0 Å². The van der Waals surface area contributed by atoms with Gasteiger partial charge in [0.2, 0.25) is 0 Å². The van der Waals surface area contributed by atoms with Crippen molar-refractivity contribution in [1.29, 1.82) is 0 Å². The molecule has 92 valence electrons. The maximum atomic E-state index is 11.5. The van der Waals surface area contributed by atoms with Gasteiger partial charge in [-0.1, -0.05) is 6.92 Å². The van der Waals surface area contributed by atoms with Crippen molar-refractivity contribution in [3.63, 3.8) is 0 Å². The van der Waals surface area contributed by atoms with Crippen LogP contribution in [0.4, 0.5) is 0 Å². The highest BCUT2D eigenvalue weighted by Gasteiger charge is 2.81. The Bertz CT molecular complexity index is 422. The summed E-state index contributed by atoms with van der Waals surface area (Å²) in [5.74, 6) is -6.23. The van der Waals surface area contributed by atoms with Crippen molar-refractivity contribution < 1.29 is 34.1 Å². The van der Waals surface area contributed by atoms with E-state index in [4.69, 9.17) is 0 Å². The Kier molecular flexibility index (Phi) is 2.08. The molecule has 1 saturated heterocycles. The molecule has 2 N–H and O–H groups in total. The van der Waals surface area contributed by atoms with Crippen LogP contribution in [0.5, 0.6) is 0 Å². The third-order valence-corrected chi connectivity index (χ3v) is 3.92. The van der Waals surface area contributed by atoms with E-state index in [1.165, 1.54) is 6.92 Å². The summed E-state index contributed by atoms with van der Waals surface area (Å²) in [6, 6.07) is 0. The molecule has 0 aromatic rings. The number of cyclic esters (lactones) is 2. The number of esters is 2. The topological polar surface area (TPSA) is 118 Å². The molecule has 1 unspecified atom stereocenters. The molecular weight excluding hydrogens is 232 g/mol. The number of carbonyl (C=O) groups is 4. The number of rotatable bonds is 2. The Labute approximate surface area is 95.4 Å². The van der Waals surface area contributed by atoms with Crippen molar-refractivity contribution in [3.8, 4) is 0 Å². The van der Waals surface area contributed by atoms with Crippen molar-refractivity contribution >= 4 is 23.9 Å². The second-order valence-corrected chi connectivity index (χ2v) is 4.44. The Morgan fingerprint density at radius 3 is 2.00 bits per heavy atom. The first-order valence-electron chi connectivity index (χ1n) is 5.05. The maximum absolute atomic E-state index is 11.5. The average molecular weight is 242 g/mol. The molecule has 1 aliphatic carbocycles. The Balaban J connectivity index is 2.69. The molecule has 1 spiro atoms. The lowest BCUT2D eigenvalue weighted by molar-refractivity contribution is -0.217. The van der Waals surface area contributed by atoms with Gasteiger partial charge in [0.25, 0.3) is 0 Å². The second kappa shape index (κ2) is 3.06. The molecule has 0 radical (unpaired) electrons. The van der Waals surface area contributed by atoms with Gasteiger partial charge < -0.3 is 14.9 Å². The molecular formula is C10H10O7. The van der Waals surface area contributed by atoms with Crippen LogP contribution in [0.3, 0.4) is 0 Å². The number of ether oxygens (including phenoxy) is 1. The van der Waals surface area contributed by atoms with Crippen LogP contribution < -0.4 is 0 Å².